The van der Waals surface area contributed by atoms with Crippen LogP contribution in [0.1, 0.15) is 16.7 Å². The fourth-order valence-electron chi connectivity index (χ4n) is 4.91. The molecule has 7 heteroatoms. The zero-order chi connectivity index (χ0) is 24.1. The van der Waals surface area contributed by atoms with Gasteiger partial charge in [0.2, 0.25) is 0 Å². The zero-order valence-electron chi connectivity index (χ0n) is 18.9. The second kappa shape index (κ2) is 8.45. The summed E-state index contributed by atoms with van der Waals surface area (Å²) in [5.41, 5.74) is 5.40. The molecule has 2 aromatic heterocycles. The number of aliphatic hydroxyl groups excluding tert-OH is 1. The van der Waals surface area contributed by atoms with Gasteiger partial charge in [0.05, 0.1) is 17.3 Å². The van der Waals surface area contributed by atoms with E-state index in [9.17, 15) is 9.90 Å². The molecule has 0 fully saturated rings. The molecule has 5 aromatic rings. The van der Waals surface area contributed by atoms with Gasteiger partial charge in [-0.15, -0.1) is 0 Å². The number of carbonyl (C=O) groups is 1. The van der Waals surface area contributed by atoms with Gasteiger partial charge in [0.15, 0.2) is 6.23 Å². The van der Waals surface area contributed by atoms with E-state index < -0.39 is 6.23 Å². The van der Waals surface area contributed by atoms with Crippen molar-refractivity contribution in [2.45, 2.75) is 12.8 Å². The summed E-state index contributed by atoms with van der Waals surface area (Å²) in [4.78, 5) is 22.1. The maximum atomic E-state index is 14.0. The van der Waals surface area contributed by atoms with E-state index in [1.165, 1.54) is 4.90 Å². The number of ether oxygens (including phenoxy) is 1. The molecule has 0 spiro atoms. The molecule has 6 rings (SSSR count). The lowest BCUT2D eigenvalue weighted by atomic mass is 9.95. The van der Waals surface area contributed by atoms with Crippen molar-refractivity contribution in [2.75, 3.05) is 7.11 Å². The highest BCUT2D eigenvalue weighted by Gasteiger charge is 2.41. The van der Waals surface area contributed by atoms with Crippen molar-refractivity contribution in [2.24, 2.45) is 0 Å². The van der Waals surface area contributed by atoms with Crippen LogP contribution in [0.3, 0.4) is 0 Å². The largest absolute Gasteiger partial charge is 0.497 e. The number of H-pyrrole nitrogens is 2. The van der Waals surface area contributed by atoms with Gasteiger partial charge in [-0.2, -0.15) is 0 Å². The fraction of sp³-hybridized carbons (Fsp3) is 0.107. The highest BCUT2D eigenvalue weighted by atomic mass is 79.9. The molecule has 1 aliphatic heterocycles. The Balaban J connectivity index is 1.54. The number of benzene rings is 3. The molecule has 1 amide bonds. The molecule has 6 nitrogen and oxygen atoms in total. The zero-order valence-corrected chi connectivity index (χ0v) is 20.5. The molecule has 3 heterocycles. The first kappa shape index (κ1) is 21.7. The summed E-state index contributed by atoms with van der Waals surface area (Å²) in [5, 5.41) is 13.5. The second-order valence-electron chi connectivity index (χ2n) is 8.55. The lowest BCUT2D eigenvalue weighted by molar-refractivity contribution is -0.130. The van der Waals surface area contributed by atoms with Gasteiger partial charge < -0.3 is 24.7 Å². The van der Waals surface area contributed by atoms with Crippen LogP contribution in [-0.2, 0) is 11.3 Å². The quantitative estimate of drug-likeness (QED) is 0.274. The van der Waals surface area contributed by atoms with Crippen molar-refractivity contribution < 1.29 is 14.6 Å². The average Bonchev–Trinajstić information content (AvgIpc) is 3.52. The minimum absolute atomic E-state index is 0.217. The lowest BCUT2D eigenvalue weighted by Gasteiger charge is -2.23. The van der Waals surface area contributed by atoms with Crippen LogP contribution in [0.2, 0.25) is 0 Å². The van der Waals surface area contributed by atoms with E-state index in [1.54, 1.807) is 7.11 Å². The predicted molar refractivity (Wildman–Crippen MR) is 141 cm³/mol. The van der Waals surface area contributed by atoms with Crippen molar-refractivity contribution in [1.29, 1.82) is 0 Å². The molecule has 174 valence electrons. The molecule has 35 heavy (non-hydrogen) atoms. The number of rotatable bonds is 5. The summed E-state index contributed by atoms with van der Waals surface area (Å²) in [7, 11) is 1.62. The highest BCUT2D eigenvalue weighted by Crippen LogP contribution is 2.45. The number of carbonyl (C=O) groups excluding carboxylic acids is 1. The van der Waals surface area contributed by atoms with Gasteiger partial charge in [-0.25, -0.2) is 0 Å². The first-order valence-corrected chi connectivity index (χ1v) is 12.1. The minimum atomic E-state index is -1.12. The third-order valence-corrected chi connectivity index (χ3v) is 7.19. The Bertz CT molecular complexity index is 1610. The third kappa shape index (κ3) is 3.47. The molecule has 0 bridgehead atoms. The Kier molecular flexibility index (Phi) is 5.24. The molecular formula is C28H22BrN3O3. The normalized spacial score (nSPS) is 16.1. The number of para-hydroxylation sites is 2. The number of amides is 1. The van der Waals surface area contributed by atoms with Crippen molar-refractivity contribution in [3.63, 3.8) is 0 Å². The topological polar surface area (TPSA) is 81.3 Å². The van der Waals surface area contributed by atoms with Gasteiger partial charge >= 0.3 is 0 Å². The Morgan fingerprint density at radius 1 is 0.971 bits per heavy atom. The average molecular weight is 528 g/mol. The first-order valence-electron chi connectivity index (χ1n) is 11.3. The van der Waals surface area contributed by atoms with E-state index in [1.807, 2.05) is 79.0 Å². The van der Waals surface area contributed by atoms with Gasteiger partial charge in [-0.05, 0) is 45.8 Å². The number of aromatic nitrogens is 2. The molecule has 3 N–H and O–H groups in total. The monoisotopic (exact) mass is 527 g/mol. The van der Waals surface area contributed by atoms with Gasteiger partial charge in [0, 0.05) is 51.2 Å². The number of hydrogen-bond acceptors (Lipinski definition) is 3. The molecular weight excluding hydrogens is 506 g/mol. The summed E-state index contributed by atoms with van der Waals surface area (Å²) in [5.74, 6) is 0.522. The van der Waals surface area contributed by atoms with Crippen LogP contribution < -0.4 is 4.74 Å². The number of nitrogens with one attached hydrogen (secondary N) is 2. The molecule has 1 unspecified atom stereocenters. The van der Waals surface area contributed by atoms with E-state index in [0.717, 1.165) is 48.8 Å². The van der Waals surface area contributed by atoms with Crippen LogP contribution in [-0.4, -0.2) is 39.2 Å². The van der Waals surface area contributed by atoms with Crippen LogP contribution in [0.4, 0.5) is 0 Å². The molecule has 1 aliphatic rings. The number of fused-ring (bicyclic) bond motifs is 2. The van der Waals surface area contributed by atoms with E-state index in [4.69, 9.17) is 4.74 Å². The van der Waals surface area contributed by atoms with Gasteiger partial charge in [0.1, 0.15) is 5.75 Å². The first-order chi connectivity index (χ1) is 17.1. The van der Waals surface area contributed by atoms with Crippen molar-refractivity contribution >= 4 is 54.8 Å². The number of aromatic amines is 2. The molecule has 0 saturated heterocycles. The SMILES string of the molecule is COc1ccc(CN2C(=O)C(c3c[nH]c4ccccc34)=C(c3c(Br)[nH]c4ccccc34)C2O)cc1. The van der Waals surface area contributed by atoms with Crippen LogP contribution in [0, 0.1) is 0 Å². The predicted octanol–water partition coefficient (Wildman–Crippen LogP) is 5.69. The highest BCUT2D eigenvalue weighted by molar-refractivity contribution is 9.10. The van der Waals surface area contributed by atoms with Crippen LogP contribution >= 0.6 is 15.9 Å². The lowest BCUT2D eigenvalue weighted by Crippen LogP contribution is -2.34. The fourth-order valence-corrected chi connectivity index (χ4v) is 5.55. The van der Waals surface area contributed by atoms with Crippen LogP contribution in [0.15, 0.2) is 83.6 Å². The molecule has 3 aromatic carbocycles. The maximum Gasteiger partial charge on any atom is 0.257 e. The van der Waals surface area contributed by atoms with Crippen molar-refractivity contribution in [3.8, 4) is 5.75 Å². The molecule has 0 radical (unpaired) electrons. The second-order valence-corrected chi connectivity index (χ2v) is 9.34. The molecule has 0 saturated carbocycles. The Morgan fingerprint density at radius 3 is 2.40 bits per heavy atom. The standard InChI is InChI=1S/C28H22BrN3O3/c1-35-17-12-10-16(11-13-17)15-32-27(33)24(20-14-30-21-8-4-2-6-18(20)21)25(28(32)34)23-19-7-3-5-9-22(19)31-26(23)29/h2-14,28,30-31,34H,15H2,1H3. The van der Waals surface area contributed by atoms with Crippen molar-refractivity contribution in [1.82, 2.24) is 14.9 Å². The summed E-state index contributed by atoms with van der Waals surface area (Å²) in [6.07, 6.45) is 0.730. The maximum absolute atomic E-state index is 14.0. The van der Waals surface area contributed by atoms with Crippen molar-refractivity contribution in [3.05, 3.63) is 100 Å². The molecule has 1 atom stereocenters. The summed E-state index contributed by atoms with van der Waals surface area (Å²) >= 11 is 3.66. The Labute approximate surface area is 210 Å². The number of halogens is 1. The third-order valence-electron chi connectivity index (χ3n) is 6.60. The van der Waals surface area contributed by atoms with Crippen LogP contribution in [0.5, 0.6) is 5.75 Å². The smallest absolute Gasteiger partial charge is 0.257 e. The van der Waals surface area contributed by atoms with E-state index in [0.29, 0.717) is 11.1 Å². The number of hydrogen-bond donors (Lipinski definition) is 3. The summed E-state index contributed by atoms with van der Waals surface area (Å²) in [6.45, 7) is 0.263. The number of aliphatic hydroxyl groups is 1. The summed E-state index contributed by atoms with van der Waals surface area (Å²) in [6, 6.07) is 23.3. The molecule has 0 aliphatic carbocycles. The summed E-state index contributed by atoms with van der Waals surface area (Å²) < 4.78 is 5.98. The minimum Gasteiger partial charge on any atom is -0.497 e. The van der Waals surface area contributed by atoms with Crippen LogP contribution in [0.25, 0.3) is 33.0 Å². The Hall–Kier alpha value is -3.81. The van der Waals surface area contributed by atoms with E-state index in [-0.39, 0.29) is 12.5 Å². The van der Waals surface area contributed by atoms with Gasteiger partial charge in [-0.1, -0.05) is 48.5 Å². The van der Waals surface area contributed by atoms with E-state index in [2.05, 4.69) is 25.9 Å². The van der Waals surface area contributed by atoms with E-state index >= 15 is 0 Å². The van der Waals surface area contributed by atoms with Gasteiger partial charge in [0.25, 0.3) is 5.91 Å². The van der Waals surface area contributed by atoms with Gasteiger partial charge in [-0.3, -0.25) is 4.79 Å². The number of methoxy groups -OCH3 is 1. The Morgan fingerprint density at radius 2 is 1.66 bits per heavy atom. The number of nitrogens with zero attached hydrogens (tertiary/aromatic N) is 1.